The molecule has 3 aromatic rings. The van der Waals surface area contributed by atoms with Gasteiger partial charge in [0.15, 0.2) is 0 Å². The van der Waals surface area contributed by atoms with Gasteiger partial charge in [-0.25, -0.2) is 8.42 Å². The highest BCUT2D eigenvalue weighted by Crippen LogP contribution is 2.33. The monoisotopic (exact) mass is 548 g/mol. The average molecular weight is 549 g/mol. The van der Waals surface area contributed by atoms with E-state index in [2.05, 4.69) is 5.32 Å². The number of methoxy groups -OCH3 is 1. The van der Waals surface area contributed by atoms with Gasteiger partial charge >= 0.3 is 6.18 Å². The van der Waals surface area contributed by atoms with Gasteiger partial charge in [-0.15, -0.1) is 0 Å². The molecule has 0 aliphatic carbocycles. The minimum atomic E-state index is -4.69. The van der Waals surface area contributed by atoms with Crippen molar-refractivity contribution in [2.75, 3.05) is 18.0 Å². The number of ether oxygens (including phenoxy) is 1. The Morgan fingerprint density at radius 3 is 2.18 bits per heavy atom. The number of nitrogens with one attached hydrogen (secondary N) is 1. The summed E-state index contributed by atoms with van der Waals surface area (Å²) < 4.78 is 73.4. The molecule has 0 aliphatic rings. The van der Waals surface area contributed by atoms with Crippen LogP contribution in [-0.4, -0.2) is 28.0 Å². The third kappa shape index (κ3) is 7.28. The van der Waals surface area contributed by atoms with E-state index in [4.69, 9.17) is 4.74 Å². The Morgan fingerprint density at radius 1 is 1.00 bits per heavy atom. The molecule has 10 heteroatoms. The molecule has 0 aromatic heterocycles. The van der Waals surface area contributed by atoms with E-state index in [9.17, 15) is 26.4 Å². The topological polar surface area (TPSA) is 75.7 Å². The summed E-state index contributed by atoms with van der Waals surface area (Å²) in [5.74, 6) is 0.182. The molecule has 204 valence electrons. The van der Waals surface area contributed by atoms with Gasteiger partial charge < -0.3 is 10.1 Å². The Kier molecular flexibility index (Phi) is 9.09. The second kappa shape index (κ2) is 11.9. The number of carbonyl (C=O) groups is 1. The molecular weight excluding hydrogens is 517 g/mol. The summed E-state index contributed by atoms with van der Waals surface area (Å²) in [6.07, 6.45) is -4.12. The van der Waals surface area contributed by atoms with Crippen molar-refractivity contribution >= 4 is 21.6 Å². The average Bonchev–Trinajstić information content (AvgIpc) is 2.86. The molecule has 6 nitrogen and oxygen atoms in total. The van der Waals surface area contributed by atoms with Crippen molar-refractivity contribution in [3.8, 4) is 5.75 Å². The Morgan fingerprint density at radius 2 is 1.63 bits per heavy atom. The molecule has 0 unspecified atom stereocenters. The van der Waals surface area contributed by atoms with Crippen molar-refractivity contribution in [1.82, 2.24) is 5.32 Å². The largest absolute Gasteiger partial charge is 0.497 e. The Balaban J connectivity index is 1.98. The van der Waals surface area contributed by atoms with Crippen LogP contribution in [0.1, 0.15) is 43.0 Å². The predicted molar refractivity (Wildman–Crippen MR) is 140 cm³/mol. The third-order valence-electron chi connectivity index (χ3n) is 5.92. The number of benzene rings is 3. The summed E-state index contributed by atoms with van der Waals surface area (Å²) in [5.41, 5.74) is 0.319. The fourth-order valence-corrected chi connectivity index (χ4v) is 5.36. The van der Waals surface area contributed by atoms with Gasteiger partial charge in [-0.05, 0) is 67.3 Å². The van der Waals surface area contributed by atoms with Crippen molar-refractivity contribution in [3.63, 3.8) is 0 Å². The van der Waals surface area contributed by atoms with Crippen molar-refractivity contribution in [1.29, 1.82) is 0 Å². The van der Waals surface area contributed by atoms with Gasteiger partial charge in [-0.1, -0.05) is 49.7 Å². The highest BCUT2D eigenvalue weighted by molar-refractivity contribution is 7.92. The SMILES string of the molecule is COc1ccc([C@@H](CC(C)C)NC(=O)CN(c2cccc(C(F)(F)F)c2)S(=O)(=O)c2ccc(C)cc2)cc1. The highest BCUT2D eigenvalue weighted by Gasteiger charge is 2.33. The van der Waals surface area contributed by atoms with Crippen LogP contribution in [0.25, 0.3) is 0 Å². The Labute approximate surface area is 221 Å². The summed E-state index contributed by atoms with van der Waals surface area (Å²) >= 11 is 0. The van der Waals surface area contributed by atoms with Crippen LogP contribution in [0.2, 0.25) is 0 Å². The minimum absolute atomic E-state index is 0.137. The lowest BCUT2D eigenvalue weighted by atomic mass is 9.97. The maximum Gasteiger partial charge on any atom is 0.416 e. The van der Waals surface area contributed by atoms with Gasteiger partial charge in [0.05, 0.1) is 29.3 Å². The first-order valence-electron chi connectivity index (χ1n) is 12.0. The summed E-state index contributed by atoms with van der Waals surface area (Å²) in [6, 6.07) is 16.5. The number of aryl methyl sites for hydroxylation is 1. The molecule has 0 heterocycles. The fraction of sp³-hybridized carbons (Fsp3) is 0.321. The molecule has 38 heavy (non-hydrogen) atoms. The summed E-state index contributed by atoms with van der Waals surface area (Å²) in [5, 5.41) is 2.87. The summed E-state index contributed by atoms with van der Waals surface area (Å²) in [7, 11) is -2.83. The molecule has 1 atom stereocenters. The first-order valence-corrected chi connectivity index (χ1v) is 13.4. The number of rotatable bonds is 10. The molecular formula is C28H31F3N2O4S. The first-order chi connectivity index (χ1) is 17.8. The number of sulfonamides is 1. The van der Waals surface area contributed by atoms with Crippen molar-refractivity contribution in [3.05, 3.63) is 89.5 Å². The summed E-state index contributed by atoms with van der Waals surface area (Å²) in [4.78, 5) is 13.1. The van der Waals surface area contributed by atoms with E-state index in [0.717, 1.165) is 29.3 Å². The third-order valence-corrected chi connectivity index (χ3v) is 7.71. The lowest BCUT2D eigenvalue weighted by Crippen LogP contribution is -2.42. The van der Waals surface area contributed by atoms with Crippen LogP contribution in [0.3, 0.4) is 0 Å². The van der Waals surface area contributed by atoms with E-state index in [0.29, 0.717) is 16.5 Å². The van der Waals surface area contributed by atoms with Gasteiger partial charge in [0, 0.05) is 0 Å². The van der Waals surface area contributed by atoms with E-state index in [1.54, 1.807) is 50.4 Å². The zero-order valence-electron chi connectivity index (χ0n) is 21.6. The van der Waals surface area contributed by atoms with Crippen molar-refractivity contribution in [2.45, 2.75) is 44.3 Å². The van der Waals surface area contributed by atoms with Crippen LogP contribution in [0.15, 0.2) is 77.7 Å². The van der Waals surface area contributed by atoms with E-state index >= 15 is 0 Å². The van der Waals surface area contributed by atoms with Crippen molar-refractivity contribution < 1.29 is 31.1 Å². The van der Waals surface area contributed by atoms with E-state index in [1.807, 2.05) is 13.8 Å². The highest BCUT2D eigenvalue weighted by atomic mass is 32.2. The van der Waals surface area contributed by atoms with Crippen LogP contribution in [0.4, 0.5) is 18.9 Å². The smallest absolute Gasteiger partial charge is 0.416 e. The van der Waals surface area contributed by atoms with Gasteiger partial charge in [0.1, 0.15) is 12.3 Å². The molecule has 0 radical (unpaired) electrons. The van der Waals surface area contributed by atoms with Gasteiger partial charge in [0.25, 0.3) is 10.0 Å². The van der Waals surface area contributed by atoms with Crippen LogP contribution in [-0.2, 0) is 21.0 Å². The molecule has 0 bridgehead atoms. The van der Waals surface area contributed by atoms with Gasteiger partial charge in [-0.2, -0.15) is 13.2 Å². The number of carbonyl (C=O) groups excluding carboxylic acids is 1. The van der Waals surface area contributed by atoms with Crippen LogP contribution in [0, 0.1) is 12.8 Å². The molecule has 0 aliphatic heterocycles. The normalized spacial score (nSPS) is 12.7. The maximum absolute atomic E-state index is 13.6. The number of hydrogen-bond donors (Lipinski definition) is 1. The zero-order chi connectivity index (χ0) is 28.1. The molecule has 3 rings (SSSR count). The molecule has 0 fully saturated rings. The Hall–Kier alpha value is -3.53. The Bertz CT molecular complexity index is 1340. The summed E-state index contributed by atoms with van der Waals surface area (Å²) in [6.45, 7) is 5.05. The standard InChI is InChI=1S/C28H31F3N2O4S/c1-19(2)16-26(21-10-12-24(37-4)13-11-21)32-27(34)18-33(23-7-5-6-22(17-23)28(29,30)31)38(35,36)25-14-8-20(3)9-15-25/h5-15,17,19,26H,16,18H2,1-4H3,(H,32,34)/t26-/m1/s1. The molecule has 0 saturated carbocycles. The number of hydrogen-bond acceptors (Lipinski definition) is 4. The number of amides is 1. The van der Waals surface area contributed by atoms with Gasteiger partial charge in [0.2, 0.25) is 5.91 Å². The van der Waals surface area contributed by atoms with Crippen LogP contribution >= 0.6 is 0 Å². The minimum Gasteiger partial charge on any atom is -0.497 e. The quantitative estimate of drug-likeness (QED) is 0.331. The zero-order valence-corrected chi connectivity index (χ0v) is 22.4. The van der Waals surface area contributed by atoms with Gasteiger partial charge in [-0.3, -0.25) is 9.10 Å². The maximum atomic E-state index is 13.6. The molecule has 0 spiro atoms. The lowest BCUT2D eigenvalue weighted by Gasteiger charge is -2.27. The van der Waals surface area contributed by atoms with E-state index in [1.165, 1.54) is 18.2 Å². The second-order valence-corrected chi connectivity index (χ2v) is 11.3. The number of nitrogens with zero attached hydrogens (tertiary/aromatic N) is 1. The molecule has 1 N–H and O–H groups in total. The number of anilines is 1. The molecule has 3 aromatic carbocycles. The predicted octanol–water partition coefficient (Wildman–Crippen LogP) is 6.12. The van der Waals surface area contributed by atoms with E-state index < -0.39 is 40.3 Å². The number of alkyl halides is 3. The molecule has 1 amide bonds. The molecule has 0 saturated heterocycles. The van der Waals surface area contributed by atoms with Crippen LogP contribution in [0.5, 0.6) is 5.75 Å². The lowest BCUT2D eigenvalue weighted by molar-refractivity contribution is -0.137. The fourth-order valence-electron chi connectivity index (χ4n) is 3.95. The number of halogens is 3. The first kappa shape index (κ1) is 29.0. The van der Waals surface area contributed by atoms with Crippen LogP contribution < -0.4 is 14.4 Å². The van der Waals surface area contributed by atoms with E-state index in [-0.39, 0.29) is 16.5 Å². The van der Waals surface area contributed by atoms with Crippen molar-refractivity contribution in [2.24, 2.45) is 5.92 Å². The second-order valence-electron chi connectivity index (χ2n) is 9.40.